The smallest absolute Gasteiger partial charge is 0.322 e. The van der Waals surface area contributed by atoms with Gasteiger partial charge in [-0.3, -0.25) is 0 Å². The number of urea groups is 1. The maximum absolute atomic E-state index is 14.0. The number of halogens is 1. The number of nitrogens with zero attached hydrogens (tertiary/aromatic N) is 2. The third-order valence-corrected chi connectivity index (χ3v) is 5.07. The third-order valence-electron chi connectivity index (χ3n) is 5.07. The molecule has 2 heterocycles. The first-order chi connectivity index (χ1) is 13.7. The Morgan fingerprint density at radius 3 is 2.57 bits per heavy atom. The molecule has 0 spiro atoms. The standard InChI is InChI=1S/C21H24FN3O3/c22-17-5-1-3-7-19(17)24-10-12-25(13-11-24)21(26)23-18-6-2-4-8-20(18)28-16-9-14-27-15-16/h1-8,16H,9-15H2,(H,23,26). The highest BCUT2D eigenvalue weighted by molar-refractivity contribution is 5.91. The number of carbonyl (C=O) groups is 1. The fourth-order valence-electron chi connectivity index (χ4n) is 3.51. The topological polar surface area (TPSA) is 54.0 Å². The summed E-state index contributed by atoms with van der Waals surface area (Å²) in [6.45, 7) is 3.50. The monoisotopic (exact) mass is 385 g/mol. The molecule has 148 valence electrons. The summed E-state index contributed by atoms with van der Waals surface area (Å²) in [5.74, 6) is 0.415. The van der Waals surface area contributed by atoms with Crippen LogP contribution in [0.15, 0.2) is 48.5 Å². The molecule has 4 rings (SSSR count). The summed E-state index contributed by atoms with van der Waals surface area (Å²) >= 11 is 0. The molecular formula is C21H24FN3O3. The van der Waals surface area contributed by atoms with Crippen molar-refractivity contribution < 1.29 is 18.7 Å². The molecule has 2 aromatic rings. The maximum Gasteiger partial charge on any atom is 0.322 e. The molecule has 28 heavy (non-hydrogen) atoms. The molecule has 6 nitrogen and oxygen atoms in total. The normalized spacial score (nSPS) is 19.5. The SMILES string of the molecule is O=C(Nc1ccccc1OC1CCOC1)N1CCN(c2ccccc2F)CC1. The summed E-state index contributed by atoms with van der Waals surface area (Å²) in [5.41, 5.74) is 1.23. The van der Waals surface area contributed by atoms with Gasteiger partial charge >= 0.3 is 6.03 Å². The lowest BCUT2D eigenvalue weighted by molar-refractivity contribution is 0.142. The fraction of sp³-hybridized carbons (Fsp3) is 0.381. The number of rotatable bonds is 4. The zero-order valence-electron chi connectivity index (χ0n) is 15.6. The van der Waals surface area contributed by atoms with Crippen LogP contribution in [0.4, 0.5) is 20.6 Å². The van der Waals surface area contributed by atoms with Crippen LogP contribution in [-0.2, 0) is 4.74 Å². The van der Waals surface area contributed by atoms with Crippen LogP contribution in [0.3, 0.4) is 0 Å². The minimum Gasteiger partial charge on any atom is -0.486 e. The summed E-state index contributed by atoms with van der Waals surface area (Å²) in [5, 5.41) is 2.95. The van der Waals surface area contributed by atoms with Crippen LogP contribution in [0.2, 0.25) is 0 Å². The van der Waals surface area contributed by atoms with Crippen molar-refractivity contribution in [2.45, 2.75) is 12.5 Å². The van der Waals surface area contributed by atoms with E-state index >= 15 is 0 Å². The largest absolute Gasteiger partial charge is 0.486 e. The van der Waals surface area contributed by atoms with Crippen molar-refractivity contribution in [3.8, 4) is 5.75 Å². The van der Waals surface area contributed by atoms with E-state index in [1.165, 1.54) is 6.07 Å². The van der Waals surface area contributed by atoms with Crippen molar-refractivity contribution in [3.63, 3.8) is 0 Å². The molecule has 0 bridgehead atoms. The zero-order chi connectivity index (χ0) is 19.3. The Balaban J connectivity index is 1.35. The van der Waals surface area contributed by atoms with Gasteiger partial charge < -0.3 is 24.6 Å². The minimum absolute atomic E-state index is 0.0161. The van der Waals surface area contributed by atoms with E-state index in [0.717, 1.165) is 6.42 Å². The van der Waals surface area contributed by atoms with Crippen LogP contribution in [0.1, 0.15) is 6.42 Å². The quantitative estimate of drug-likeness (QED) is 0.877. The summed E-state index contributed by atoms with van der Waals surface area (Å²) in [7, 11) is 0. The number of piperazine rings is 1. The van der Waals surface area contributed by atoms with Gasteiger partial charge in [-0.15, -0.1) is 0 Å². The summed E-state index contributed by atoms with van der Waals surface area (Å²) < 4.78 is 25.3. The number of para-hydroxylation sites is 3. The molecule has 2 aliphatic rings. The summed E-state index contributed by atoms with van der Waals surface area (Å²) in [6.07, 6.45) is 0.864. The second kappa shape index (κ2) is 8.48. The van der Waals surface area contributed by atoms with Crippen molar-refractivity contribution in [3.05, 3.63) is 54.3 Å². The van der Waals surface area contributed by atoms with Crippen molar-refractivity contribution in [1.29, 1.82) is 0 Å². The highest BCUT2D eigenvalue weighted by Gasteiger charge is 2.24. The summed E-state index contributed by atoms with van der Waals surface area (Å²) in [6, 6.07) is 14.0. The van der Waals surface area contributed by atoms with E-state index in [2.05, 4.69) is 5.32 Å². The average molecular weight is 385 g/mol. The van der Waals surface area contributed by atoms with E-state index in [4.69, 9.17) is 9.47 Å². The highest BCUT2D eigenvalue weighted by Crippen LogP contribution is 2.27. The van der Waals surface area contributed by atoms with E-state index in [1.54, 1.807) is 17.0 Å². The Bertz CT molecular complexity index is 818. The van der Waals surface area contributed by atoms with E-state index in [9.17, 15) is 9.18 Å². The zero-order valence-corrected chi connectivity index (χ0v) is 15.6. The van der Waals surface area contributed by atoms with E-state index < -0.39 is 0 Å². The Labute approximate surface area is 163 Å². The number of nitrogens with one attached hydrogen (secondary N) is 1. The number of anilines is 2. The molecular weight excluding hydrogens is 361 g/mol. The Morgan fingerprint density at radius 1 is 1.07 bits per heavy atom. The summed E-state index contributed by atoms with van der Waals surface area (Å²) in [4.78, 5) is 16.4. The molecule has 2 saturated heterocycles. The van der Waals surface area contributed by atoms with Crippen molar-refractivity contribution >= 4 is 17.4 Å². The molecule has 2 aromatic carbocycles. The molecule has 2 amide bonds. The second-order valence-electron chi connectivity index (χ2n) is 6.96. The van der Waals surface area contributed by atoms with Crippen LogP contribution in [0, 0.1) is 5.82 Å². The van der Waals surface area contributed by atoms with Gasteiger partial charge in [0.05, 0.1) is 24.6 Å². The molecule has 1 atom stereocenters. The number of hydrogen-bond acceptors (Lipinski definition) is 4. The number of amides is 2. The molecule has 0 radical (unpaired) electrons. The molecule has 1 N–H and O–H groups in total. The predicted octanol–water partition coefficient (Wildman–Crippen LogP) is 3.35. The first kappa shape index (κ1) is 18.6. The van der Waals surface area contributed by atoms with Crippen LogP contribution >= 0.6 is 0 Å². The van der Waals surface area contributed by atoms with Crippen LogP contribution in [0.5, 0.6) is 5.75 Å². The predicted molar refractivity (Wildman–Crippen MR) is 105 cm³/mol. The van der Waals surface area contributed by atoms with Gasteiger partial charge in [-0.2, -0.15) is 0 Å². The first-order valence-corrected chi connectivity index (χ1v) is 9.59. The lowest BCUT2D eigenvalue weighted by Crippen LogP contribution is -2.50. The Hall–Kier alpha value is -2.80. The van der Waals surface area contributed by atoms with Gasteiger partial charge in [0.25, 0.3) is 0 Å². The van der Waals surface area contributed by atoms with Gasteiger partial charge in [0.15, 0.2) is 0 Å². The number of carbonyl (C=O) groups excluding carboxylic acids is 1. The number of hydrogen-bond donors (Lipinski definition) is 1. The van der Waals surface area contributed by atoms with Gasteiger partial charge in [-0.1, -0.05) is 24.3 Å². The van der Waals surface area contributed by atoms with Gasteiger partial charge in [-0.05, 0) is 24.3 Å². The Morgan fingerprint density at radius 2 is 1.82 bits per heavy atom. The molecule has 2 aliphatic heterocycles. The molecule has 1 unspecified atom stereocenters. The van der Waals surface area contributed by atoms with Gasteiger partial charge in [0, 0.05) is 32.6 Å². The van der Waals surface area contributed by atoms with E-state index in [0.29, 0.717) is 56.5 Å². The molecule has 0 saturated carbocycles. The lowest BCUT2D eigenvalue weighted by Gasteiger charge is -2.36. The van der Waals surface area contributed by atoms with Crippen molar-refractivity contribution in [2.24, 2.45) is 0 Å². The maximum atomic E-state index is 14.0. The third kappa shape index (κ3) is 4.20. The van der Waals surface area contributed by atoms with Gasteiger partial charge in [-0.25, -0.2) is 9.18 Å². The van der Waals surface area contributed by atoms with E-state index in [1.807, 2.05) is 35.2 Å². The second-order valence-corrected chi connectivity index (χ2v) is 6.96. The Kier molecular flexibility index (Phi) is 5.62. The number of benzene rings is 2. The van der Waals surface area contributed by atoms with Crippen LogP contribution < -0.4 is 15.0 Å². The van der Waals surface area contributed by atoms with Gasteiger partial charge in [0.2, 0.25) is 0 Å². The highest BCUT2D eigenvalue weighted by atomic mass is 19.1. The van der Waals surface area contributed by atoms with Crippen molar-refractivity contribution in [1.82, 2.24) is 4.90 Å². The molecule has 2 fully saturated rings. The minimum atomic E-state index is -0.234. The van der Waals surface area contributed by atoms with Crippen LogP contribution in [-0.4, -0.2) is 56.4 Å². The first-order valence-electron chi connectivity index (χ1n) is 9.59. The molecule has 0 aromatic heterocycles. The lowest BCUT2D eigenvalue weighted by atomic mass is 10.2. The number of ether oxygens (including phenoxy) is 2. The van der Waals surface area contributed by atoms with Gasteiger partial charge in [0.1, 0.15) is 17.7 Å². The van der Waals surface area contributed by atoms with Crippen LogP contribution in [0.25, 0.3) is 0 Å². The average Bonchev–Trinajstić information content (AvgIpc) is 3.23. The van der Waals surface area contributed by atoms with Crippen molar-refractivity contribution in [2.75, 3.05) is 49.6 Å². The fourth-order valence-corrected chi connectivity index (χ4v) is 3.51. The molecule has 0 aliphatic carbocycles. The molecule has 7 heteroatoms. The van der Waals surface area contributed by atoms with E-state index in [-0.39, 0.29) is 18.0 Å².